The van der Waals surface area contributed by atoms with Gasteiger partial charge in [-0.15, -0.1) is 0 Å². The third-order valence-corrected chi connectivity index (χ3v) is 3.43. The van der Waals surface area contributed by atoms with E-state index in [1.807, 2.05) is 20.8 Å². The molecule has 0 saturated heterocycles. The molecule has 1 N–H and O–H groups in total. The van der Waals surface area contributed by atoms with Gasteiger partial charge in [-0.2, -0.15) is 0 Å². The standard InChI is InChI=1S/C18H24N2O6/c1-18(2,3)19-15(21)10-20(4)16(22)11-26-17(23)12-5-6-13-14(9-12)25-8-7-24-13/h5-6,9H,7-8,10-11H2,1-4H3,(H,19,21). The van der Waals surface area contributed by atoms with Crippen LogP contribution in [0.1, 0.15) is 31.1 Å². The summed E-state index contributed by atoms with van der Waals surface area (Å²) in [6.45, 7) is 5.85. The molecule has 2 amide bonds. The fourth-order valence-corrected chi connectivity index (χ4v) is 2.25. The summed E-state index contributed by atoms with van der Waals surface area (Å²) in [6, 6.07) is 4.68. The van der Waals surface area contributed by atoms with Crippen LogP contribution in [-0.2, 0) is 14.3 Å². The second-order valence-corrected chi connectivity index (χ2v) is 6.98. The van der Waals surface area contributed by atoms with Crippen molar-refractivity contribution in [1.29, 1.82) is 0 Å². The molecule has 142 valence electrons. The van der Waals surface area contributed by atoms with Crippen LogP contribution in [0.4, 0.5) is 0 Å². The van der Waals surface area contributed by atoms with E-state index in [-0.39, 0.29) is 23.6 Å². The lowest BCUT2D eigenvalue weighted by molar-refractivity contribution is -0.137. The first-order valence-electron chi connectivity index (χ1n) is 8.27. The van der Waals surface area contributed by atoms with Crippen LogP contribution in [0, 0.1) is 0 Å². The van der Waals surface area contributed by atoms with Gasteiger partial charge in [0.15, 0.2) is 18.1 Å². The molecule has 0 spiro atoms. The van der Waals surface area contributed by atoms with Crippen molar-refractivity contribution in [2.24, 2.45) is 0 Å². The number of benzene rings is 1. The van der Waals surface area contributed by atoms with Crippen LogP contribution in [-0.4, -0.2) is 61.6 Å². The van der Waals surface area contributed by atoms with Crippen molar-refractivity contribution < 1.29 is 28.6 Å². The van der Waals surface area contributed by atoms with Crippen molar-refractivity contribution in [2.45, 2.75) is 26.3 Å². The Morgan fingerprint density at radius 3 is 2.46 bits per heavy atom. The molecule has 2 rings (SSSR count). The van der Waals surface area contributed by atoms with E-state index in [0.29, 0.717) is 24.7 Å². The predicted octanol–water partition coefficient (Wildman–Crippen LogP) is 0.988. The number of esters is 1. The van der Waals surface area contributed by atoms with Gasteiger partial charge in [-0.25, -0.2) is 4.79 Å². The molecule has 1 aliphatic heterocycles. The van der Waals surface area contributed by atoms with E-state index in [1.54, 1.807) is 12.1 Å². The van der Waals surface area contributed by atoms with Crippen LogP contribution < -0.4 is 14.8 Å². The lowest BCUT2D eigenvalue weighted by Crippen LogP contribution is -2.46. The maximum atomic E-state index is 12.1. The van der Waals surface area contributed by atoms with Crippen LogP contribution in [0.3, 0.4) is 0 Å². The first-order chi connectivity index (χ1) is 12.2. The highest BCUT2D eigenvalue weighted by atomic mass is 16.6. The maximum absolute atomic E-state index is 12.1. The molecule has 0 saturated carbocycles. The van der Waals surface area contributed by atoms with Gasteiger partial charge in [0.25, 0.3) is 5.91 Å². The van der Waals surface area contributed by atoms with Gasteiger partial charge in [-0.3, -0.25) is 9.59 Å². The second kappa shape index (κ2) is 8.07. The number of rotatable bonds is 5. The average molecular weight is 364 g/mol. The zero-order valence-electron chi connectivity index (χ0n) is 15.5. The highest BCUT2D eigenvalue weighted by Crippen LogP contribution is 2.30. The topological polar surface area (TPSA) is 94.2 Å². The summed E-state index contributed by atoms with van der Waals surface area (Å²) in [5, 5.41) is 2.76. The molecule has 0 aliphatic carbocycles. The molecule has 0 radical (unpaired) electrons. The predicted molar refractivity (Wildman–Crippen MR) is 93.2 cm³/mol. The minimum atomic E-state index is -0.650. The Morgan fingerprint density at radius 2 is 1.81 bits per heavy atom. The smallest absolute Gasteiger partial charge is 0.338 e. The van der Waals surface area contributed by atoms with Crippen LogP contribution in [0.25, 0.3) is 0 Å². The molecule has 26 heavy (non-hydrogen) atoms. The fraction of sp³-hybridized carbons (Fsp3) is 0.500. The van der Waals surface area contributed by atoms with E-state index in [2.05, 4.69) is 5.32 Å². The average Bonchev–Trinajstić information content (AvgIpc) is 2.57. The number of carbonyl (C=O) groups excluding carboxylic acids is 3. The number of fused-ring (bicyclic) bond motifs is 1. The Kier molecular flexibility index (Phi) is 6.07. The number of nitrogens with one attached hydrogen (secondary N) is 1. The summed E-state index contributed by atoms with van der Waals surface area (Å²) in [7, 11) is 1.47. The van der Waals surface area contributed by atoms with E-state index < -0.39 is 18.5 Å². The minimum absolute atomic E-state index is 0.113. The largest absolute Gasteiger partial charge is 0.486 e. The number of likely N-dealkylation sites (N-methyl/N-ethyl adjacent to an activating group) is 1. The van der Waals surface area contributed by atoms with Gasteiger partial charge in [-0.1, -0.05) is 0 Å². The van der Waals surface area contributed by atoms with Crippen LogP contribution in [0.5, 0.6) is 11.5 Å². The van der Waals surface area contributed by atoms with Gasteiger partial charge < -0.3 is 24.4 Å². The van der Waals surface area contributed by atoms with Crippen molar-refractivity contribution in [2.75, 3.05) is 33.4 Å². The van der Waals surface area contributed by atoms with Crippen molar-refractivity contribution in [3.05, 3.63) is 23.8 Å². The SMILES string of the molecule is CN(CC(=O)NC(C)(C)C)C(=O)COC(=O)c1ccc2c(c1)OCCO2. The minimum Gasteiger partial charge on any atom is -0.486 e. The Labute approximate surface area is 152 Å². The number of carbonyl (C=O) groups is 3. The molecule has 0 fully saturated rings. The normalized spacial score (nSPS) is 12.9. The quantitative estimate of drug-likeness (QED) is 0.783. The van der Waals surface area contributed by atoms with E-state index in [4.69, 9.17) is 14.2 Å². The number of hydrogen-bond acceptors (Lipinski definition) is 6. The monoisotopic (exact) mass is 364 g/mol. The van der Waals surface area contributed by atoms with Crippen molar-refractivity contribution in [3.63, 3.8) is 0 Å². The highest BCUT2D eigenvalue weighted by Gasteiger charge is 2.20. The Morgan fingerprint density at radius 1 is 1.15 bits per heavy atom. The molecule has 8 heteroatoms. The molecule has 0 aromatic heterocycles. The molecular weight excluding hydrogens is 340 g/mol. The molecule has 1 heterocycles. The summed E-state index contributed by atoms with van der Waals surface area (Å²) in [5.74, 6) is -0.379. The van der Waals surface area contributed by atoms with Gasteiger partial charge in [0.2, 0.25) is 5.91 Å². The summed E-state index contributed by atoms with van der Waals surface area (Å²) >= 11 is 0. The first kappa shape index (κ1) is 19.6. The number of ether oxygens (including phenoxy) is 3. The third-order valence-electron chi connectivity index (χ3n) is 3.43. The van der Waals surface area contributed by atoms with Gasteiger partial charge in [0.1, 0.15) is 13.2 Å². The van der Waals surface area contributed by atoms with E-state index in [9.17, 15) is 14.4 Å². The molecule has 1 aromatic rings. The van der Waals surface area contributed by atoms with Crippen molar-refractivity contribution in [3.8, 4) is 11.5 Å². The lowest BCUT2D eigenvalue weighted by atomic mass is 10.1. The summed E-state index contributed by atoms with van der Waals surface area (Å²) in [6.07, 6.45) is 0. The van der Waals surface area contributed by atoms with E-state index in [1.165, 1.54) is 18.0 Å². The summed E-state index contributed by atoms with van der Waals surface area (Å²) < 4.78 is 15.8. The van der Waals surface area contributed by atoms with Gasteiger partial charge in [0.05, 0.1) is 12.1 Å². The molecule has 1 aliphatic rings. The van der Waals surface area contributed by atoms with E-state index >= 15 is 0 Å². The van der Waals surface area contributed by atoms with Gasteiger partial charge in [0, 0.05) is 12.6 Å². The number of nitrogens with zero attached hydrogens (tertiary/aromatic N) is 1. The Balaban J connectivity index is 1.84. The van der Waals surface area contributed by atoms with Crippen molar-refractivity contribution in [1.82, 2.24) is 10.2 Å². The Bertz CT molecular complexity index is 695. The van der Waals surface area contributed by atoms with Crippen molar-refractivity contribution >= 4 is 17.8 Å². The van der Waals surface area contributed by atoms with E-state index in [0.717, 1.165) is 0 Å². The van der Waals surface area contributed by atoms with Crippen LogP contribution >= 0.6 is 0 Å². The number of hydrogen-bond donors (Lipinski definition) is 1. The summed E-state index contributed by atoms with van der Waals surface area (Å²) in [5.41, 5.74) is -0.124. The molecule has 1 aromatic carbocycles. The molecule has 0 unspecified atom stereocenters. The third kappa shape index (κ3) is 5.65. The maximum Gasteiger partial charge on any atom is 0.338 e. The number of amides is 2. The zero-order valence-corrected chi connectivity index (χ0v) is 15.5. The fourth-order valence-electron chi connectivity index (χ4n) is 2.25. The Hall–Kier alpha value is -2.77. The van der Waals surface area contributed by atoms with Crippen LogP contribution in [0.15, 0.2) is 18.2 Å². The van der Waals surface area contributed by atoms with Gasteiger partial charge in [-0.05, 0) is 39.0 Å². The summed E-state index contributed by atoms with van der Waals surface area (Å²) in [4.78, 5) is 37.2. The molecular formula is C18H24N2O6. The lowest BCUT2D eigenvalue weighted by Gasteiger charge is -2.23. The van der Waals surface area contributed by atoms with Crippen LogP contribution in [0.2, 0.25) is 0 Å². The zero-order chi connectivity index (χ0) is 19.3. The highest BCUT2D eigenvalue weighted by molar-refractivity contribution is 5.92. The second-order valence-electron chi connectivity index (χ2n) is 6.98. The van der Waals surface area contributed by atoms with Gasteiger partial charge >= 0.3 is 5.97 Å². The molecule has 0 atom stereocenters. The first-order valence-corrected chi connectivity index (χ1v) is 8.27. The molecule has 8 nitrogen and oxygen atoms in total. The molecule has 0 bridgehead atoms.